The van der Waals surface area contributed by atoms with Crippen molar-refractivity contribution in [2.24, 2.45) is 0 Å². The molecular formula is C34H43N3O6S. The Labute approximate surface area is 261 Å². The van der Waals surface area contributed by atoms with Crippen molar-refractivity contribution in [2.75, 3.05) is 25.1 Å². The average molecular weight is 622 g/mol. The van der Waals surface area contributed by atoms with Gasteiger partial charge in [-0.3, -0.25) is 13.9 Å². The number of carbonyl (C=O) groups is 2. The maximum absolute atomic E-state index is 14.3. The summed E-state index contributed by atoms with van der Waals surface area (Å²) < 4.78 is 40.2. The summed E-state index contributed by atoms with van der Waals surface area (Å²) in [6.45, 7) is 5.40. The Morgan fingerprint density at radius 1 is 0.909 bits per heavy atom. The first kappa shape index (κ1) is 32.9. The maximum atomic E-state index is 14.3. The predicted octanol–water partition coefficient (Wildman–Crippen LogP) is 5.38. The van der Waals surface area contributed by atoms with E-state index in [1.54, 1.807) is 24.3 Å². The SMILES string of the molecule is CC[C@@H](C(=O)NC1CCCC1)N(Cc1cccc(C)c1)C(=O)CN(c1ccc(C)cc1)S(=O)(=O)c1ccc(OC)c(OC)c1. The van der Waals surface area contributed by atoms with Gasteiger partial charge in [0.2, 0.25) is 11.8 Å². The second-order valence-electron chi connectivity index (χ2n) is 11.3. The highest BCUT2D eigenvalue weighted by Gasteiger charge is 2.35. The number of ether oxygens (including phenoxy) is 2. The van der Waals surface area contributed by atoms with Gasteiger partial charge in [-0.1, -0.05) is 67.3 Å². The van der Waals surface area contributed by atoms with Gasteiger partial charge in [0, 0.05) is 18.7 Å². The van der Waals surface area contributed by atoms with Crippen LogP contribution in [0.5, 0.6) is 11.5 Å². The van der Waals surface area contributed by atoms with Crippen LogP contribution in [-0.2, 0) is 26.2 Å². The first-order valence-corrected chi connectivity index (χ1v) is 16.5. The highest BCUT2D eigenvalue weighted by atomic mass is 32.2. The number of aryl methyl sites for hydroxylation is 2. The topological polar surface area (TPSA) is 105 Å². The molecule has 0 aromatic heterocycles. The van der Waals surface area contributed by atoms with Crippen LogP contribution in [-0.4, -0.2) is 58.0 Å². The molecule has 0 spiro atoms. The van der Waals surface area contributed by atoms with Crippen LogP contribution in [0.4, 0.5) is 5.69 Å². The van der Waals surface area contributed by atoms with E-state index in [1.165, 1.54) is 37.3 Å². The lowest BCUT2D eigenvalue weighted by Gasteiger charge is -2.34. The Balaban J connectivity index is 1.74. The quantitative estimate of drug-likeness (QED) is 0.275. The average Bonchev–Trinajstić information content (AvgIpc) is 3.52. The van der Waals surface area contributed by atoms with Gasteiger partial charge in [-0.2, -0.15) is 0 Å². The summed E-state index contributed by atoms with van der Waals surface area (Å²) in [5, 5.41) is 3.14. The summed E-state index contributed by atoms with van der Waals surface area (Å²) >= 11 is 0. The molecule has 0 bridgehead atoms. The van der Waals surface area contributed by atoms with E-state index in [1.807, 2.05) is 45.0 Å². The molecule has 0 radical (unpaired) electrons. The Hall–Kier alpha value is -4.05. The number of benzene rings is 3. The number of sulfonamides is 1. The van der Waals surface area contributed by atoms with Crippen LogP contribution < -0.4 is 19.1 Å². The van der Waals surface area contributed by atoms with Crippen LogP contribution in [0.1, 0.15) is 55.7 Å². The third kappa shape index (κ3) is 7.72. The number of carbonyl (C=O) groups excluding carboxylic acids is 2. The van der Waals surface area contributed by atoms with Crippen molar-refractivity contribution in [1.82, 2.24) is 10.2 Å². The molecule has 1 aliphatic rings. The zero-order chi connectivity index (χ0) is 31.9. The second-order valence-corrected chi connectivity index (χ2v) is 13.2. The summed E-state index contributed by atoms with van der Waals surface area (Å²) in [5.41, 5.74) is 3.16. The van der Waals surface area contributed by atoms with Crippen molar-refractivity contribution in [2.45, 2.75) is 76.4 Å². The van der Waals surface area contributed by atoms with Crippen LogP contribution in [0.15, 0.2) is 71.6 Å². The lowest BCUT2D eigenvalue weighted by Crippen LogP contribution is -2.53. The molecule has 236 valence electrons. The number of methoxy groups -OCH3 is 2. The summed E-state index contributed by atoms with van der Waals surface area (Å²) in [4.78, 5) is 29.4. The molecule has 3 aromatic carbocycles. The van der Waals surface area contributed by atoms with E-state index in [-0.39, 0.29) is 29.1 Å². The minimum atomic E-state index is -4.25. The summed E-state index contributed by atoms with van der Waals surface area (Å²) in [7, 11) is -1.35. The zero-order valence-electron chi connectivity index (χ0n) is 26.2. The molecule has 44 heavy (non-hydrogen) atoms. The van der Waals surface area contributed by atoms with Gasteiger partial charge in [-0.05, 0) is 62.9 Å². The Kier molecular flexibility index (Phi) is 10.9. The van der Waals surface area contributed by atoms with Gasteiger partial charge in [-0.25, -0.2) is 8.42 Å². The van der Waals surface area contributed by atoms with Gasteiger partial charge in [-0.15, -0.1) is 0 Å². The molecule has 1 fully saturated rings. The third-order valence-electron chi connectivity index (χ3n) is 8.07. The summed E-state index contributed by atoms with van der Waals surface area (Å²) in [6, 6.07) is 18.3. The largest absolute Gasteiger partial charge is 0.493 e. The number of nitrogens with zero attached hydrogens (tertiary/aromatic N) is 2. The molecule has 0 heterocycles. The van der Waals surface area contributed by atoms with Crippen LogP contribution in [0.25, 0.3) is 0 Å². The Bertz CT molecular complexity index is 1550. The van der Waals surface area contributed by atoms with Gasteiger partial charge in [0.15, 0.2) is 11.5 Å². The molecule has 1 aliphatic carbocycles. The molecule has 0 saturated heterocycles. The Morgan fingerprint density at radius 3 is 2.20 bits per heavy atom. The number of nitrogens with one attached hydrogen (secondary N) is 1. The number of hydrogen-bond acceptors (Lipinski definition) is 6. The van der Waals surface area contributed by atoms with E-state index in [9.17, 15) is 18.0 Å². The molecule has 4 rings (SSSR count). The minimum absolute atomic E-state index is 0.0558. The van der Waals surface area contributed by atoms with Crippen LogP contribution in [0, 0.1) is 13.8 Å². The molecule has 1 atom stereocenters. The molecule has 9 nitrogen and oxygen atoms in total. The van der Waals surface area contributed by atoms with Crippen molar-refractivity contribution in [3.05, 3.63) is 83.4 Å². The van der Waals surface area contributed by atoms with Crippen molar-refractivity contribution >= 4 is 27.5 Å². The summed E-state index contributed by atoms with van der Waals surface area (Å²) in [6.07, 6.45) is 4.33. The van der Waals surface area contributed by atoms with Gasteiger partial charge in [0.25, 0.3) is 10.0 Å². The molecular weight excluding hydrogens is 578 g/mol. The number of amides is 2. The fraction of sp³-hybridized carbons (Fsp3) is 0.412. The standard InChI is InChI=1S/C34H43N3O6S/c1-6-30(34(39)35-27-12-7-8-13-27)36(22-26-11-9-10-25(3)20-26)33(38)23-37(28-16-14-24(2)15-17-28)44(40,41)29-18-19-31(42-4)32(21-29)43-5/h9-11,14-21,27,30H,6-8,12-13,22-23H2,1-5H3,(H,35,39)/t30-/m0/s1. The molecule has 1 saturated carbocycles. The van der Waals surface area contributed by atoms with E-state index < -0.39 is 28.5 Å². The summed E-state index contributed by atoms with van der Waals surface area (Å²) in [5.74, 6) is -0.0677. The molecule has 0 aliphatic heterocycles. The molecule has 10 heteroatoms. The highest BCUT2D eigenvalue weighted by Crippen LogP contribution is 2.32. The maximum Gasteiger partial charge on any atom is 0.264 e. The third-order valence-corrected chi connectivity index (χ3v) is 9.84. The predicted molar refractivity (Wildman–Crippen MR) is 171 cm³/mol. The van der Waals surface area contributed by atoms with Gasteiger partial charge < -0.3 is 19.7 Å². The van der Waals surface area contributed by atoms with Gasteiger partial charge in [0.05, 0.1) is 24.8 Å². The van der Waals surface area contributed by atoms with E-state index in [4.69, 9.17) is 9.47 Å². The molecule has 1 N–H and O–H groups in total. The van der Waals surface area contributed by atoms with Crippen LogP contribution >= 0.6 is 0 Å². The smallest absolute Gasteiger partial charge is 0.264 e. The normalized spacial score (nSPS) is 14.1. The van der Waals surface area contributed by atoms with Crippen molar-refractivity contribution in [3.8, 4) is 11.5 Å². The first-order chi connectivity index (χ1) is 21.1. The lowest BCUT2D eigenvalue weighted by atomic mass is 10.1. The van der Waals surface area contributed by atoms with Crippen molar-refractivity contribution in [1.29, 1.82) is 0 Å². The second kappa shape index (κ2) is 14.6. The number of rotatable bonds is 13. The van der Waals surface area contributed by atoms with E-state index in [0.29, 0.717) is 17.9 Å². The minimum Gasteiger partial charge on any atom is -0.493 e. The van der Waals surface area contributed by atoms with Crippen molar-refractivity contribution < 1.29 is 27.5 Å². The van der Waals surface area contributed by atoms with Gasteiger partial charge >= 0.3 is 0 Å². The number of hydrogen-bond donors (Lipinski definition) is 1. The van der Waals surface area contributed by atoms with Crippen LogP contribution in [0.3, 0.4) is 0 Å². The first-order valence-electron chi connectivity index (χ1n) is 15.0. The van der Waals surface area contributed by atoms with E-state index in [0.717, 1.165) is 46.7 Å². The van der Waals surface area contributed by atoms with E-state index in [2.05, 4.69) is 5.32 Å². The fourth-order valence-electron chi connectivity index (χ4n) is 5.64. The van der Waals surface area contributed by atoms with Crippen molar-refractivity contribution in [3.63, 3.8) is 0 Å². The molecule has 0 unspecified atom stereocenters. The monoisotopic (exact) mass is 621 g/mol. The van der Waals surface area contributed by atoms with Crippen LogP contribution in [0.2, 0.25) is 0 Å². The fourth-order valence-corrected chi connectivity index (χ4v) is 7.07. The molecule has 3 aromatic rings. The highest BCUT2D eigenvalue weighted by molar-refractivity contribution is 7.92. The lowest BCUT2D eigenvalue weighted by molar-refractivity contribution is -0.140. The molecule has 2 amide bonds. The zero-order valence-corrected chi connectivity index (χ0v) is 27.0. The Morgan fingerprint density at radius 2 is 1.59 bits per heavy atom. The van der Waals surface area contributed by atoms with Gasteiger partial charge in [0.1, 0.15) is 12.6 Å². The van der Waals surface area contributed by atoms with E-state index >= 15 is 0 Å². The number of anilines is 1.